The van der Waals surface area contributed by atoms with Gasteiger partial charge in [0.1, 0.15) is 16.2 Å². The summed E-state index contributed by atoms with van der Waals surface area (Å²) in [4.78, 5) is 21.6. The van der Waals surface area contributed by atoms with Crippen molar-refractivity contribution in [1.29, 1.82) is 0 Å². The van der Waals surface area contributed by atoms with E-state index in [9.17, 15) is 9.90 Å². The third kappa shape index (κ3) is 2.98. The van der Waals surface area contributed by atoms with E-state index in [-0.39, 0.29) is 0 Å². The van der Waals surface area contributed by atoms with Gasteiger partial charge in [0.05, 0.1) is 11.2 Å². The number of hydrogen-bond acceptors (Lipinski definition) is 6. The van der Waals surface area contributed by atoms with Crippen LogP contribution in [0.4, 0.5) is 0 Å². The minimum Gasteiger partial charge on any atom is -0.549 e. The van der Waals surface area contributed by atoms with Crippen LogP contribution >= 0.6 is 23.1 Å². The van der Waals surface area contributed by atoms with E-state index in [2.05, 4.69) is 9.97 Å². The molecule has 0 fully saturated rings. The van der Waals surface area contributed by atoms with Gasteiger partial charge in [0.2, 0.25) is 0 Å². The van der Waals surface area contributed by atoms with Crippen LogP contribution in [0.5, 0.6) is 0 Å². The standard InChI is InChI=1S/C16H14N2O2S2/c1-2-12(16(19)20)21-14-11-8-13(10-6-4-3-5-7-10)22-15(11)18-9-17-14/h3-9,12H,2H2,1H3,(H,19,20)/p-1. The van der Waals surface area contributed by atoms with Gasteiger partial charge in [0, 0.05) is 10.3 Å². The Labute approximate surface area is 136 Å². The molecule has 0 aliphatic heterocycles. The molecule has 0 radical (unpaired) electrons. The molecule has 0 spiro atoms. The Morgan fingerprint density at radius 2 is 2.09 bits per heavy atom. The van der Waals surface area contributed by atoms with Gasteiger partial charge in [-0.1, -0.05) is 49.0 Å². The molecule has 2 aromatic heterocycles. The lowest BCUT2D eigenvalue weighted by Crippen LogP contribution is -2.33. The number of benzene rings is 1. The first-order valence-corrected chi connectivity index (χ1v) is 8.56. The number of carbonyl (C=O) groups is 1. The van der Waals surface area contributed by atoms with Gasteiger partial charge < -0.3 is 9.90 Å². The van der Waals surface area contributed by atoms with Crippen molar-refractivity contribution in [3.8, 4) is 10.4 Å². The van der Waals surface area contributed by atoms with Crippen LogP contribution in [-0.2, 0) is 4.79 Å². The summed E-state index contributed by atoms with van der Waals surface area (Å²) in [7, 11) is 0. The fourth-order valence-corrected chi connectivity index (χ4v) is 4.10. The third-order valence-corrected chi connectivity index (χ3v) is 5.69. The summed E-state index contributed by atoms with van der Waals surface area (Å²) in [5, 5.41) is 12.1. The van der Waals surface area contributed by atoms with Crippen LogP contribution in [0.15, 0.2) is 47.8 Å². The molecular weight excluding hydrogens is 316 g/mol. The lowest BCUT2D eigenvalue weighted by Gasteiger charge is -2.14. The molecule has 0 saturated heterocycles. The Hall–Kier alpha value is -1.92. The zero-order chi connectivity index (χ0) is 15.5. The predicted molar refractivity (Wildman–Crippen MR) is 87.8 cm³/mol. The number of aromatic nitrogens is 2. The summed E-state index contributed by atoms with van der Waals surface area (Å²) in [5.74, 6) is -1.06. The number of carbonyl (C=O) groups excluding carboxylic acids is 1. The molecule has 0 N–H and O–H groups in total. The lowest BCUT2D eigenvalue weighted by atomic mass is 10.2. The summed E-state index contributed by atoms with van der Waals surface area (Å²) in [6.07, 6.45) is 1.98. The van der Waals surface area contributed by atoms with Gasteiger partial charge in [-0.05, 0) is 18.1 Å². The molecule has 0 aliphatic carbocycles. The maximum Gasteiger partial charge on any atom is 0.128 e. The first-order valence-electron chi connectivity index (χ1n) is 6.86. The van der Waals surface area contributed by atoms with Crippen LogP contribution in [0, 0.1) is 0 Å². The van der Waals surface area contributed by atoms with E-state index in [0.29, 0.717) is 11.4 Å². The molecule has 0 aliphatic rings. The summed E-state index contributed by atoms with van der Waals surface area (Å²) in [5.41, 5.74) is 1.12. The minimum atomic E-state index is -1.06. The normalized spacial score (nSPS) is 12.4. The monoisotopic (exact) mass is 329 g/mol. The van der Waals surface area contributed by atoms with E-state index in [1.165, 1.54) is 18.1 Å². The van der Waals surface area contributed by atoms with Crippen molar-refractivity contribution in [3.05, 3.63) is 42.7 Å². The number of thiophene rings is 1. The van der Waals surface area contributed by atoms with Crippen LogP contribution in [0.3, 0.4) is 0 Å². The number of rotatable bonds is 5. The number of nitrogens with zero attached hydrogens (tertiary/aromatic N) is 2. The highest BCUT2D eigenvalue weighted by atomic mass is 32.2. The summed E-state index contributed by atoms with van der Waals surface area (Å²) < 4.78 is 0. The average molecular weight is 329 g/mol. The maximum atomic E-state index is 11.1. The van der Waals surface area contributed by atoms with E-state index in [1.807, 2.05) is 43.3 Å². The van der Waals surface area contributed by atoms with Gasteiger partial charge in [-0.3, -0.25) is 0 Å². The van der Waals surface area contributed by atoms with Gasteiger partial charge >= 0.3 is 0 Å². The fourth-order valence-electron chi connectivity index (χ4n) is 2.11. The Bertz CT molecular complexity index is 802. The highest BCUT2D eigenvalue weighted by Crippen LogP contribution is 2.37. The van der Waals surface area contributed by atoms with E-state index < -0.39 is 11.2 Å². The van der Waals surface area contributed by atoms with Crippen molar-refractivity contribution in [2.45, 2.75) is 23.6 Å². The molecular formula is C16H13N2O2S2-. The van der Waals surface area contributed by atoms with E-state index in [0.717, 1.165) is 20.7 Å². The Kier molecular flexibility index (Phi) is 4.40. The van der Waals surface area contributed by atoms with Crippen molar-refractivity contribution in [3.63, 3.8) is 0 Å². The van der Waals surface area contributed by atoms with Crippen LogP contribution in [0.25, 0.3) is 20.7 Å². The van der Waals surface area contributed by atoms with Crippen molar-refractivity contribution in [1.82, 2.24) is 9.97 Å². The first-order chi connectivity index (χ1) is 10.7. The molecule has 2 heterocycles. The van der Waals surface area contributed by atoms with Gasteiger partial charge in [0.15, 0.2) is 0 Å². The van der Waals surface area contributed by atoms with Gasteiger partial charge in [0.25, 0.3) is 0 Å². The Morgan fingerprint density at radius 3 is 2.77 bits per heavy atom. The van der Waals surface area contributed by atoms with Crippen molar-refractivity contribution < 1.29 is 9.90 Å². The number of fused-ring (bicyclic) bond motifs is 1. The molecule has 1 unspecified atom stereocenters. The van der Waals surface area contributed by atoms with Gasteiger partial charge in [-0.25, -0.2) is 9.97 Å². The molecule has 3 rings (SSSR count). The molecule has 112 valence electrons. The van der Waals surface area contributed by atoms with Crippen molar-refractivity contribution >= 4 is 39.3 Å². The zero-order valence-corrected chi connectivity index (χ0v) is 13.5. The number of hydrogen-bond donors (Lipinski definition) is 0. The second-order valence-electron chi connectivity index (χ2n) is 4.71. The van der Waals surface area contributed by atoms with Crippen LogP contribution in [-0.4, -0.2) is 21.2 Å². The zero-order valence-electron chi connectivity index (χ0n) is 11.9. The van der Waals surface area contributed by atoms with Crippen molar-refractivity contribution in [2.75, 3.05) is 0 Å². The number of carboxylic acid groups (broad SMARTS) is 1. The Balaban J connectivity index is 2.02. The topological polar surface area (TPSA) is 65.9 Å². The van der Waals surface area contributed by atoms with E-state index in [1.54, 1.807) is 11.3 Å². The molecule has 0 bridgehead atoms. The number of aliphatic carboxylic acids is 1. The van der Waals surface area contributed by atoms with Crippen molar-refractivity contribution in [2.24, 2.45) is 0 Å². The van der Waals surface area contributed by atoms with E-state index >= 15 is 0 Å². The lowest BCUT2D eigenvalue weighted by molar-refractivity contribution is -0.304. The minimum absolute atomic E-state index is 0.494. The highest BCUT2D eigenvalue weighted by molar-refractivity contribution is 8.00. The van der Waals surface area contributed by atoms with Crippen LogP contribution in [0.2, 0.25) is 0 Å². The summed E-state index contributed by atoms with van der Waals surface area (Å²) in [6, 6.07) is 12.1. The SMILES string of the molecule is CCC(Sc1ncnc2sc(-c3ccccc3)cc12)C(=O)[O-]. The first kappa shape index (κ1) is 15.0. The number of carboxylic acids is 1. The Morgan fingerprint density at radius 1 is 1.32 bits per heavy atom. The molecule has 1 aromatic carbocycles. The average Bonchev–Trinajstić information content (AvgIpc) is 2.98. The van der Waals surface area contributed by atoms with Gasteiger partial charge in [-0.2, -0.15) is 0 Å². The summed E-state index contributed by atoms with van der Waals surface area (Å²) >= 11 is 2.81. The second-order valence-corrected chi connectivity index (χ2v) is 6.93. The van der Waals surface area contributed by atoms with E-state index in [4.69, 9.17) is 0 Å². The smallest absolute Gasteiger partial charge is 0.128 e. The molecule has 4 nitrogen and oxygen atoms in total. The molecule has 0 amide bonds. The maximum absolute atomic E-state index is 11.1. The van der Waals surface area contributed by atoms with Gasteiger partial charge in [-0.15, -0.1) is 11.3 Å². The fraction of sp³-hybridized carbons (Fsp3) is 0.188. The van der Waals surface area contributed by atoms with Crippen LogP contribution in [0.1, 0.15) is 13.3 Å². The number of thioether (sulfide) groups is 1. The third-order valence-electron chi connectivity index (χ3n) is 3.24. The molecule has 1 atom stereocenters. The largest absolute Gasteiger partial charge is 0.549 e. The second kappa shape index (κ2) is 6.46. The van der Waals surface area contributed by atoms with Crippen LogP contribution < -0.4 is 5.11 Å². The summed E-state index contributed by atoms with van der Waals surface area (Å²) in [6.45, 7) is 1.83. The quantitative estimate of drug-likeness (QED) is 0.532. The molecule has 6 heteroatoms. The predicted octanol–water partition coefficient (Wildman–Crippen LogP) is 2.98. The molecule has 22 heavy (non-hydrogen) atoms. The molecule has 0 saturated carbocycles. The molecule has 3 aromatic rings. The highest BCUT2D eigenvalue weighted by Gasteiger charge is 2.15.